The van der Waals surface area contributed by atoms with Gasteiger partial charge in [0.2, 0.25) is 0 Å². The Morgan fingerprint density at radius 3 is 2.47 bits per heavy atom. The lowest BCUT2D eigenvalue weighted by atomic mass is 9.78. The Morgan fingerprint density at radius 1 is 1.06 bits per heavy atom. The minimum atomic E-state index is -1.25. The Morgan fingerprint density at radius 2 is 1.76 bits per heavy atom. The molecule has 1 saturated carbocycles. The Balaban J connectivity index is 1.61. The van der Waals surface area contributed by atoms with Crippen molar-refractivity contribution in [3.8, 4) is 0 Å². The third-order valence-electron chi connectivity index (χ3n) is 6.25. The van der Waals surface area contributed by atoms with Crippen LogP contribution in [0.1, 0.15) is 51.7 Å². The first-order valence-electron chi connectivity index (χ1n) is 11.9. The molecule has 1 unspecified atom stereocenters. The van der Waals surface area contributed by atoms with Gasteiger partial charge >= 0.3 is 0 Å². The molecule has 1 aliphatic heterocycles. The summed E-state index contributed by atoms with van der Waals surface area (Å²) in [6, 6.07) is 16.2. The van der Waals surface area contributed by atoms with Gasteiger partial charge in [0.25, 0.3) is 5.91 Å². The van der Waals surface area contributed by atoms with Gasteiger partial charge in [-0.05, 0) is 39.3 Å². The second-order valence-electron chi connectivity index (χ2n) is 9.88. The molecule has 184 valence electrons. The van der Waals surface area contributed by atoms with Crippen LogP contribution in [-0.4, -0.2) is 41.6 Å². The summed E-state index contributed by atoms with van der Waals surface area (Å²) in [4.78, 5) is 13.5. The topological polar surface area (TPSA) is 66.0 Å². The van der Waals surface area contributed by atoms with Crippen LogP contribution in [0.5, 0.6) is 0 Å². The van der Waals surface area contributed by atoms with Crippen molar-refractivity contribution in [1.82, 2.24) is 5.32 Å². The second-order valence-corrected chi connectivity index (χ2v) is 9.88. The average molecular weight is 472 g/mol. The normalized spacial score (nSPS) is 28.0. The Labute approximate surface area is 200 Å². The van der Waals surface area contributed by atoms with Crippen molar-refractivity contribution in [2.24, 2.45) is 0 Å². The van der Waals surface area contributed by atoms with Crippen LogP contribution >= 0.6 is 0 Å². The molecule has 1 aliphatic carbocycles. The van der Waals surface area contributed by atoms with E-state index in [4.69, 9.17) is 18.9 Å². The maximum absolute atomic E-state index is 14.3. The highest BCUT2D eigenvalue weighted by atomic mass is 19.1. The molecule has 2 aromatic rings. The zero-order valence-corrected chi connectivity index (χ0v) is 20.3. The third kappa shape index (κ3) is 5.66. The Hall–Kier alpha value is -2.32. The van der Waals surface area contributed by atoms with Crippen LogP contribution in [0.2, 0.25) is 0 Å². The van der Waals surface area contributed by atoms with E-state index in [-0.39, 0.29) is 36.9 Å². The lowest BCUT2D eigenvalue weighted by Gasteiger charge is -2.43. The van der Waals surface area contributed by atoms with Crippen molar-refractivity contribution in [2.75, 3.05) is 0 Å². The Kier molecular flexibility index (Phi) is 7.38. The monoisotopic (exact) mass is 471 g/mol. The molecule has 4 rings (SSSR count). The molecule has 7 heteroatoms. The molecule has 34 heavy (non-hydrogen) atoms. The summed E-state index contributed by atoms with van der Waals surface area (Å²) in [6.07, 6.45) is -0.620. The molecular weight excluding hydrogens is 437 g/mol. The molecular formula is C27H34FNO5. The highest BCUT2D eigenvalue weighted by Crippen LogP contribution is 2.44. The lowest BCUT2D eigenvalue weighted by Crippen LogP contribution is -2.60. The zero-order chi connectivity index (χ0) is 24.3. The molecule has 2 fully saturated rings. The van der Waals surface area contributed by atoms with E-state index in [0.29, 0.717) is 18.6 Å². The fourth-order valence-corrected chi connectivity index (χ4v) is 4.71. The number of amides is 1. The zero-order valence-electron chi connectivity index (χ0n) is 20.3. The van der Waals surface area contributed by atoms with Crippen molar-refractivity contribution < 1.29 is 28.1 Å². The molecule has 1 saturated heterocycles. The van der Waals surface area contributed by atoms with Crippen LogP contribution in [-0.2, 0) is 37.0 Å². The first-order chi connectivity index (χ1) is 16.2. The predicted octanol–water partition coefficient (Wildman–Crippen LogP) is 4.51. The summed E-state index contributed by atoms with van der Waals surface area (Å²) in [7, 11) is 0. The van der Waals surface area contributed by atoms with Gasteiger partial charge in [-0.15, -0.1) is 0 Å². The van der Waals surface area contributed by atoms with E-state index in [1.165, 1.54) is 6.07 Å². The van der Waals surface area contributed by atoms with Crippen molar-refractivity contribution in [1.29, 1.82) is 0 Å². The smallest absolute Gasteiger partial charge is 0.252 e. The first-order valence-corrected chi connectivity index (χ1v) is 11.9. The number of hydrogen-bond acceptors (Lipinski definition) is 5. The van der Waals surface area contributed by atoms with Gasteiger partial charge in [-0.25, -0.2) is 4.39 Å². The summed E-state index contributed by atoms with van der Waals surface area (Å²) in [5, 5.41) is 2.99. The third-order valence-corrected chi connectivity index (χ3v) is 6.25. The summed E-state index contributed by atoms with van der Waals surface area (Å²) in [5.74, 6) is -1.42. The van der Waals surface area contributed by atoms with Gasteiger partial charge in [0, 0.05) is 24.4 Å². The molecule has 0 aromatic heterocycles. The number of carbonyl (C=O) groups is 1. The highest BCUT2D eigenvalue weighted by molar-refractivity contribution is 5.85. The number of nitrogens with one attached hydrogen (secondary N) is 1. The maximum Gasteiger partial charge on any atom is 0.252 e. The van der Waals surface area contributed by atoms with Crippen LogP contribution in [0.3, 0.4) is 0 Å². The fourth-order valence-electron chi connectivity index (χ4n) is 4.71. The summed E-state index contributed by atoms with van der Waals surface area (Å²) in [5.41, 5.74) is 0.165. The Bertz CT molecular complexity index is 982. The standard InChI is InChI=1S/C27H34FNO5/c1-18(2)29-25(30)27(32-17-20-12-8-9-13-21(20)28)14-22(31-16-19-10-6-5-7-11-19)24-23(15-27)33-26(3,4)34-24/h5-13,18,22-24H,14-17H2,1-4H3,(H,29,30)/t22?,23-,24+,27-/m1/s1. The van der Waals surface area contributed by atoms with E-state index < -0.39 is 23.6 Å². The van der Waals surface area contributed by atoms with Crippen LogP contribution in [0.4, 0.5) is 4.39 Å². The molecule has 6 nitrogen and oxygen atoms in total. The van der Waals surface area contributed by atoms with E-state index >= 15 is 0 Å². The van der Waals surface area contributed by atoms with Gasteiger partial charge in [-0.2, -0.15) is 0 Å². The minimum Gasteiger partial charge on any atom is -0.371 e. The second kappa shape index (κ2) is 10.1. The SMILES string of the molecule is CC(C)NC(=O)[C@@]1(OCc2ccccc2F)CC(OCc2ccccc2)[C@@H]2OC(C)(C)O[C@@H]2C1. The molecule has 0 spiro atoms. The molecule has 2 aliphatic rings. The maximum atomic E-state index is 14.3. The molecule has 1 N–H and O–H groups in total. The van der Waals surface area contributed by atoms with E-state index in [0.717, 1.165) is 5.56 Å². The van der Waals surface area contributed by atoms with Gasteiger partial charge in [0.15, 0.2) is 11.4 Å². The van der Waals surface area contributed by atoms with E-state index in [2.05, 4.69) is 5.32 Å². The fraction of sp³-hybridized carbons (Fsp3) is 0.519. The van der Waals surface area contributed by atoms with Crippen molar-refractivity contribution >= 4 is 5.91 Å². The van der Waals surface area contributed by atoms with Crippen LogP contribution in [0.25, 0.3) is 0 Å². The lowest BCUT2D eigenvalue weighted by molar-refractivity contribution is -0.184. The van der Waals surface area contributed by atoms with Gasteiger partial charge in [0.05, 0.1) is 25.4 Å². The molecule has 1 amide bonds. The molecule has 2 aromatic carbocycles. The predicted molar refractivity (Wildman–Crippen MR) is 125 cm³/mol. The first kappa shape index (κ1) is 24.8. The van der Waals surface area contributed by atoms with Gasteiger partial charge in [-0.1, -0.05) is 48.5 Å². The minimum absolute atomic E-state index is 0.0365. The quantitative estimate of drug-likeness (QED) is 0.614. The highest BCUT2D eigenvalue weighted by Gasteiger charge is 2.58. The summed E-state index contributed by atoms with van der Waals surface area (Å²) < 4.78 is 39.3. The number of fused-ring (bicyclic) bond motifs is 1. The van der Waals surface area contributed by atoms with Crippen LogP contribution < -0.4 is 5.32 Å². The van der Waals surface area contributed by atoms with Crippen molar-refractivity contribution in [3.63, 3.8) is 0 Å². The van der Waals surface area contributed by atoms with E-state index in [1.54, 1.807) is 18.2 Å². The van der Waals surface area contributed by atoms with E-state index in [9.17, 15) is 9.18 Å². The van der Waals surface area contributed by atoms with Crippen molar-refractivity contribution in [2.45, 2.75) is 89.5 Å². The number of hydrogen-bond donors (Lipinski definition) is 1. The number of benzene rings is 2. The molecule has 0 bridgehead atoms. The largest absolute Gasteiger partial charge is 0.371 e. The number of rotatable bonds is 8. The molecule has 1 heterocycles. The number of ether oxygens (including phenoxy) is 4. The molecule has 4 atom stereocenters. The molecule has 0 radical (unpaired) electrons. The van der Waals surface area contributed by atoms with Crippen LogP contribution in [0, 0.1) is 5.82 Å². The van der Waals surface area contributed by atoms with Crippen molar-refractivity contribution in [3.05, 3.63) is 71.5 Å². The average Bonchev–Trinajstić information content (AvgIpc) is 3.11. The van der Waals surface area contributed by atoms with Crippen LogP contribution in [0.15, 0.2) is 54.6 Å². The number of carbonyl (C=O) groups excluding carboxylic acids is 1. The number of halogens is 1. The van der Waals surface area contributed by atoms with E-state index in [1.807, 2.05) is 58.0 Å². The summed E-state index contributed by atoms with van der Waals surface area (Å²) in [6.45, 7) is 7.84. The summed E-state index contributed by atoms with van der Waals surface area (Å²) >= 11 is 0. The van der Waals surface area contributed by atoms with Gasteiger partial charge in [-0.3, -0.25) is 4.79 Å². The van der Waals surface area contributed by atoms with Gasteiger partial charge < -0.3 is 24.3 Å². The van der Waals surface area contributed by atoms with Gasteiger partial charge in [0.1, 0.15) is 11.9 Å².